The number of anilines is 1. The van der Waals surface area contributed by atoms with Crippen LogP contribution in [0.15, 0.2) is 83.8 Å². The van der Waals surface area contributed by atoms with E-state index in [4.69, 9.17) is 0 Å². The van der Waals surface area contributed by atoms with E-state index in [1.807, 2.05) is 37.3 Å². The Morgan fingerprint density at radius 1 is 0.903 bits per heavy atom. The zero-order valence-electron chi connectivity index (χ0n) is 17.3. The summed E-state index contributed by atoms with van der Waals surface area (Å²) in [6.45, 7) is 3.31. The number of rotatable bonds is 8. The minimum absolute atomic E-state index is 0.0857. The molecule has 0 heterocycles. The van der Waals surface area contributed by atoms with E-state index in [2.05, 4.69) is 10.0 Å². The molecule has 0 aliphatic heterocycles. The first kappa shape index (κ1) is 22.4. The van der Waals surface area contributed by atoms with Gasteiger partial charge in [0.1, 0.15) is 6.04 Å². The summed E-state index contributed by atoms with van der Waals surface area (Å²) in [6.07, 6.45) is 0.171. The smallest absolute Gasteiger partial charge is 0.242 e. The third-order valence-corrected chi connectivity index (χ3v) is 6.25. The first-order valence-electron chi connectivity index (χ1n) is 9.79. The molecule has 0 bridgehead atoms. The number of nitrogens with one attached hydrogen (secondary N) is 2. The molecule has 0 aliphatic carbocycles. The molecule has 0 radical (unpaired) electrons. The van der Waals surface area contributed by atoms with Crippen molar-refractivity contribution >= 4 is 27.4 Å². The van der Waals surface area contributed by atoms with E-state index in [9.17, 15) is 18.0 Å². The number of ketones is 1. The maximum atomic E-state index is 13.0. The van der Waals surface area contributed by atoms with Crippen molar-refractivity contribution in [2.45, 2.75) is 31.2 Å². The molecule has 0 spiro atoms. The van der Waals surface area contributed by atoms with Gasteiger partial charge in [0.2, 0.25) is 15.9 Å². The van der Waals surface area contributed by atoms with Gasteiger partial charge in [-0.05, 0) is 50.1 Å². The molecular formula is C24H24N2O4S. The minimum Gasteiger partial charge on any atom is -0.325 e. The first-order chi connectivity index (χ1) is 14.7. The summed E-state index contributed by atoms with van der Waals surface area (Å²) >= 11 is 0. The van der Waals surface area contributed by atoms with Gasteiger partial charge in [0.15, 0.2) is 5.78 Å². The second-order valence-corrected chi connectivity index (χ2v) is 9.02. The number of hydrogen-bond acceptors (Lipinski definition) is 4. The van der Waals surface area contributed by atoms with E-state index in [-0.39, 0.29) is 17.1 Å². The molecule has 3 aromatic carbocycles. The van der Waals surface area contributed by atoms with Crippen LogP contribution in [0.25, 0.3) is 0 Å². The van der Waals surface area contributed by atoms with E-state index < -0.39 is 22.0 Å². The number of hydrogen-bond donors (Lipinski definition) is 2. The van der Waals surface area contributed by atoms with Gasteiger partial charge < -0.3 is 5.32 Å². The fourth-order valence-corrected chi connectivity index (χ4v) is 4.25. The van der Waals surface area contributed by atoms with E-state index in [0.29, 0.717) is 11.3 Å². The Labute approximate surface area is 182 Å². The molecule has 1 amide bonds. The van der Waals surface area contributed by atoms with Gasteiger partial charge in [0.25, 0.3) is 0 Å². The molecule has 3 aromatic rings. The number of carbonyl (C=O) groups is 2. The van der Waals surface area contributed by atoms with Gasteiger partial charge in [-0.1, -0.05) is 60.2 Å². The van der Waals surface area contributed by atoms with Crippen molar-refractivity contribution in [1.29, 1.82) is 0 Å². The predicted molar refractivity (Wildman–Crippen MR) is 121 cm³/mol. The maximum absolute atomic E-state index is 13.0. The van der Waals surface area contributed by atoms with Crippen LogP contribution in [0.3, 0.4) is 0 Å². The number of sulfonamides is 1. The Kier molecular flexibility index (Phi) is 6.99. The summed E-state index contributed by atoms with van der Waals surface area (Å²) in [6, 6.07) is 21.1. The molecule has 31 heavy (non-hydrogen) atoms. The largest absolute Gasteiger partial charge is 0.325 e. The van der Waals surface area contributed by atoms with Crippen molar-refractivity contribution < 1.29 is 18.0 Å². The van der Waals surface area contributed by atoms with Crippen molar-refractivity contribution in [3.63, 3.8) is 0 Å². The average molecular weight is 437 g/mol. The number of aryl methyl sites for hydroxylation is 1. The van der Waals surface area contributed by atoms with E-state index in [1.54, 1.807) is 36.4 Å². The fraction of sp³-hybridized carbons (Fsp3) is 0.167. The third-order valence-electron chi connectivity index (χ3n) is 4.76. The quantitative estimate of drug-likeness (QED) is 0.527. The van der Waals surface area contributed by atoms with Crippen molar-refractivity contribution in [1.82, 2.24) is 4.72 Å². The standard InChI is InChI=1S/C24H24N2O4S/c1-17-11-13-22(14-12-17)31(29,30)26-23(15-19-7-4-3-5-8-19)24(28)25-21-10-6-9-20(16-21)18(2)27/h3-14,16,23,26H,15H2,1-2H3,(H,25,28)/t23-/m1/s1. The summed E-state index contributed by atoms with van der Waals surface area (Å²) in [4.78, 5) is 24.7. The topological polar surface area (TPSA) is 92.3 Å². The monoisotopic (exact) mass is 436 g/mol. The van der Waals surface area contributed by atoms with Crippen LogP contribution in [-0.2, 0) is 21.2 Å². The van der Waals surface area contributed by atoms with Crippen LogP contribution in [-0.4, -0.2) is 26.2 Å². The number of amides is 1. The van der Waals surface area contributed by atoms with Gasteiger partial charge in [0, 0.05) is 11.3 Å². The van der Waals surface area contributed by atoms with Crippen LogP contribution >= 0.6 is 0 Å². The van der Waals surface area contributed by atoms with Crippen LogP contribution in [0.2, 0.25) is 0 Å². The normalized spacial score (nSPS) is 12.2. The summed E-state index contributed by atoms with van der Waals surface area (Å²) in [7, 11) is -3.92. The van der Waals surface area contributed by atoms with Crippen molar-refractivity contribution in [3.05, 3.63) is 95.6 Å². The zero-order chi connectivity index (χ0) is 22.4. The second-order valence-electron chi connectivity index (χ2n) is 7.30. The van der Waals surface area contributed by atoms with E-state index in [0.717, 1.165) is 11.1 Å². The minimum atomic E-state index is -3.92. The molecule has 7 heteroatoms. The molecule has 0 aromatic heterocycles. The Morgan fingerprint density at radius 3 is 2.23 bits per heavy atom. The third kappa shape index (κ3) is 6.10. The highest BCUT2D eigenvalue weighted by Gasteiger charge is 2.26. The Hall–Kier alpha value is -3.29. The lowest BCUT2D eigenvalue weighted by atomic mass is 10.1. The van der Waals surface area contributed by atoms with Crippen LogP contribution in [0.1, 0.15) is 28.4 Å². The molecule has 0 fully saturated rings. The lowest BCUT2D eigenvalue weighted by molar-refractivity contribution is -0.117. The predicted octanol–water partition coefficient (Wildman–Crippen LogP) is 3.73. The van der Waals surface area contributed by atoms with Crippen molar-refractivity contribution in [2.24, 2.45) is 0 Å². The summed E-state index contributed by atoms with van der Waals surface area (Å²) in [5.41, 5.74) is 2.62. The Bertz CT molecular complexity index is 1170. The Balaban J connectivity index is 1.86. The first-order valence-corrected chi connectivity index (χ1v) is 11.3. The highest BCUT2D eigenvalue weighted by Crippen LogP contribution is 2.15. The molecular weight excluding hydrogens is 412 g/mol. The summed E-state index contributed by atoms with van der Waals surface area (Å²) in [5.74, 6) is -0.641. The molecule has 0 saturated heterocycles. The van der Waals surface area contributed by atoms with Crippen LogP contribution in [0.4, 0.5) is 5.69 Å². The van der Waals surface area contributed by atoms with Gasteiger partial charge >= 0.3 is 0 Å². The summed E-state index contributed by atoms with van der Waals surface area (Å²) < 4.78 is 28.3. The fourth-order valence-electron chi connectivity index (χ4n) is 3.06. The molecule has 3 rings (SSSR count). The molecule has 1 atom stereocenters. The number of carbonyl (C=O) groups excluding carboxylic acids is 2. The zero-order valence-corrected chi connectivity index (χ0v) is 18.1. The molecule has 6 nitrogen and oxygen atoms in total. The van der Waals surface area contributed by atoms with Gasteiger partial charge in [-0.25, -0.2) is 8.42 Å². The van der Waals surface area contributed by atoms with Crippen LogP contribution in [0.5, 0.6) is 0 Å². The molecule has 160 valence electrons. The van der Waals surface area contributed by atoms with Crippen LogP contribution < -0.4 is 10.0 Å². The highest BCUT2D eigenvalue weighted by molar-refractivity contribution is 7.89. The molecule has 0 unspecified atom stereocenters. The summed E-state index contributed by atoms with van der Waals surface area (Å²) in [5, 5.41) is 2.72. The second kappa shape index (κ2) is 9.68. The molecule has 0 saturated carbocycles. The van der Waals surface area contributed by atoms with Gasteiger partial charge in [-0.2, -0.15) is 4.72 Å². The van der Waals surface area contributed by atoms with E-state index >= 15 is 0 Å². The Morgan fingerprint density at radius 2 is 1.58 bits per heavy atom. The van der Waals surface area contributed by atoms with E-state index in [1.165, 1.54) is 19.1 Å². The SMILES string of the molecule is CC(=O)c1cccc(NC(=O)[C@@H](Cc2ccccc2)NS(=O)(=O)c2ccc(C)cc2)c1. The van der Waals surface area contributed by atoms with Gasteiger partial charge in [0.05, 0.1) is 4.90 Å². The average Bonchev–Trinajstić information content (AvgIpc) is 2.74. The van der Waals surface area contributed by atoms with Gasteiger partial charge in [-0.15, -0.1) is 0 Å². The molecule has 2 N–H and O–H groups in total. The van der Waals surface area contributed by atoms with Crippen molar-refractivity contribution in [2.75, 3.05) is 5.32 Å². The highest BCUT2D eigenvalue weighted by atomic mass is 32.2. The number of Topliss-reactive ketones (excluding diaryl/α,β-unsaturated/α-hetero) is 1. The van der Waals surface area contributed by atoms with Gasteiger partial charge in [-0.3, -0.25) is 9.59 Å². The maximum Gasteiger partial charge on any atom is 0.242 e. The lowest BCUT2D eigenvalue weighted by Crippen LogP contribution is -2.45. The van der Waals surface area contributed by atoms with Crippen molar-refractivity contribution in [3.8, 4) is 0 Å². The van der Waals surface area contributed by atoms with Crippen LogP contribution in [0, 0.1) is 6.92 Å². The molecule has 0 aliphatic rings. The number of benzene rings is 3. The lowest BCUT2D eigenvalue weighted by Gasteiger charge is -2.19.